The van der Waals surface area contributed by atoms with Crippen molar-refractivity contribution in [1.82, 2.24) is 9.97 Å². The van der Waals surface area contributed by atoms with Crippen molar-refractivity contribution in [3.05, 3.63) is 11.2 Å². The van der Waals surface area contributed by atoms with Crippen LogP contribution in [0.5, 0.6) is 0 Å². The summed E-state index contributed by atoms with van der Waals surface area (Å²) in [5.74, 6) is 1.23. The summed E-state index contributed by atoms with van der Waals surface area (Å²) >= 11 is 6.02. The molecule has 0 amide bonds. The average Bonchev–Trinajstić information content (AvgIpc) is 2.34. The molecule has 1 aromatic rings. The first-order chi connectivity index (χ1) is 8.63. The van der Waals surface area contributed by atoms with Crippen LogP contribution in [0.4, 0.5) is 11.8 Å². The monoisotopic (exact) mass is 272 g/mol. The minimum absolute atomic E-state index is 0.231. The molecule has 1 heterocycles. The van der Waals surface area contributed by atoms with Crippen LogP contribution >= 0.6 is 11.6 Å². The third-order valence-corrected chi connectivity index (χ3v) is 2.40. The van der Waals surface area contributed by atoms with Crippen LogP contribution in [0.25, 0.3) is 0 Å². The molecule has 5 nitrogen and oxygen atoms in total. The van der Waals surface area contributed by atoms with Gasteiger partial charge >= 0.3 is 0 Å². The summed E-state index contributed by atoms with van der Waals surface area (Å²) in [6.45, 7) is 8.23. The lowest BCUT2D eigenvalue weighted by atomic mass is 10.5. The fourth-order valence-electron chi connectivity index (χ4n) is 1.28. The van der Waals surface area contributed by atoms with Crippen molar-refractivity contribution in [2.45, 2.75) is 33.3 Å². The SMILES string of the molecule is CCCNc1ncc(Cl)c(NCCOC(C)C)n1. The molecule has 0 aliphatic heterocycles. The van der Waals surface area contributed by atoms with E-state index in [1.165, 1.54) is 0 Å². The van der Waals surface area contributed by atoms with Gasteiger partial charge in [0.05, 0.1) is 18.9 Å². The molecule has 0 aliphatic rings. The first kappa shape index (κ1) is 15.0. The number of nitrogens with one attached hydrogen (secondary N) is 2. The molecule has 0 fully saturated rings. The first-order valence-corrected chi connectivity index (χ1v) is 6.63. The van der Waals surface area contributed by atoms with E-state index in [0.717, 1.165) is 13.0 Å². The van der Waals surface area contributed by atoms with Gasteiger partial charge in [-0.2, -0.15) is 4.98 Å². The number of aromatic nitrogens is 2. The maximum atomic E-state index is 6.02. The van der Waals surface area contributed by atoms with Crippen LogP contribution in [0.15, 0.2) is 6.20 Å². The van der Waals surface area contributed by atoms with Gasteiger partial charge in [0, 0.05) is 13.1 Å². The summed E-state index contributed by atoms with van der Waals surface area (Å²) in [6.07, 6.45) is 2.85. The summed E-state index contributed by atoms with van der Waals surface area (Å²) in [5, 5.41) is 6.77. The fourth-order valence-corrected chi connectivity index (χ4v) is 1.44. The Morgan fingerprint density at radius 3 is 2.78 bits per heavy atom. The number of hydrogen-bond acceptors (Lipinski definition) is 5. The van der Waals surface area contributed by atoms with Crippen LogP contribution in [0.1, 0.15) is 27.2 Å². The van der Waals surface area contributed by atoms with Crippen LogP contribution in [0.3, 0.4) is 0 Å². The smallest absolute Gasteiger partial charge is 0.224 e. The number of halogens is 1. The molecule has 0 unspecified atom stereocenters. The maximum Gasteiger partial charge on any atom is 0.224 e. The number of hydrogen-bond donors (Lipinski definition) is 2. The van der Waals surface area contributed by atoms with Gasteiger partial charge in [0.1, 0.15) is 5.02 Å². The number of nitrogens with zero attached hydrogens (tertiary/aromatic N) is 2. The maximum absolute atomic E-state index is 6.02. The second-order valence-corrected chi connectivity index (χ2v) is 4.57. The lowest BCUT2D eigenvalue weighted by Gasteiger charge is -2.11. The molecule has 1 rings (SSSR count). The minimum Gasteiger partial charge on any atom is -0.377 e. The summed E-state index contributed by atoms with van der Waals surface area (Å²) in [7, 11) is 0. The Bertz CT molecular complexity index is 360. The molecule has 0 atom stereocenters. The zero-order chi connectivity index (χ0) is 13.4. The fraction of sp³-hybridized carbons (Fsp3) is 0.667. The zero-order valence-corrected chi connectivity index (χ0v) is 11.9. The molecule has 6 heteroatoms. The second kappa shape index (κ2) is 8.11. The van der Waals surface area contributed by atoms with E-state index in [1.807, 2.05) is 13.8 Å². The summed E-state index contributed by atoms with van der Waals surface area (Å²) < 4.78 is 5.43. The Hall–Kier alpha value is -1.07. The Kier molecular flexibility index (Phi) is 6.75. The quantitative estimate of drug-likeness (QED) is 0.713. The van der Waals surface area contributed by atoms with Crippen molar-refractivity contribution in [3.63, 3.8) is 0 Å². The van der Waals surface area contributed by atoms with Crippen molar-refractivity contribution in [1.29, 1.82) is 0 Å². The van der Waals surface area contributed by atoms with Gasteiger partial charge in [-0.25, -0.2) is 4.98 Å². The first-order valence-electron chi connectivity index (χ1n) is 6.25. The van der Waals surface area contributed by atoms with Gasteiger partial charge in [-0.3, -0.25) is 0 Å². The minimum atomic E-state index is 0.231. The van der Waals surface area contributed by atoms with Crippen molar-refractivity contribution >= 4 is 23.4 Å². The summed E-state index contributed by atoms with van der Waals surface area (Å²) in [4.78, 5) is 8.41. The Morgan fingerprint density at radius 1 is 1.33 bits per heavy atom. The predicted molar refractivity (Wildman–Crippen MR) is 75.4 cm³/mol. The standard InChI is InChI=1S/C12H21ClN4O/c1-4-5-15-12-16-8-10(13)11(17-12)14-6-7-18-9(2)3/h8-9H,4-7H2,1-3H3,(H2,14,15,16,17). The van der Waals surface area contributed by atoms with Gasteiger partial charge in [-0.05, 0) is 20.3 Å². The number of anilines is 2. The van der Waals surface area contributed by atoms with E-state index in [4.69, 9.17) is 16.3 Å². The molecule has 18 heavy (non-hydrogen) atoms. The van der Waals surface area contributed by atoms with Crippen LogP contribution < -0.4 is 10.6 Å². The van der Waals surface area contributed by atoms with E-state index in [1.54, 1.807) is 6.20 Å². The Labute approximate surface area is 113 Å². The van der Waals surface area contributed by atoms with Crippen molar-refractivity contribution in [2.75, 3.05) is 30.3 Å². The molecule has 0 radical (unpaired) electrons. The van der Waals surface area contributed by atoms with Crippen molar-refractivity contribution in [2.24, 2.45) is 0 Å². The molecule has 1 aromatic heterocycles. The summed E-state index contributed by atoms with van der Waals surface area (Å²) in [6, 6.07) is 0. The highest BCUT2D eigenvalue weighted by Crippen LogP contribution is 2.18. The van der Waals surface area contributed by atoms with Crippen LogP contribution in [-0.2, 0) is 4.74 Å². The van der Waals surface area contributed by atoms with E-state index in [9.17, 15) is 0 Å². The largest absolute Gasteiger partial charge is 0.377 e. The van der Waals surface area contributed by atoms with Crippen LogP contribution in [0.2, 0.25) is 5.02 Å². The highest BCUT2D eigenvalue weighted by atomic mass is 35.5. The lowest BCUT2D eigenvalue weighted by molar-refractivity contribution is 0.0870. The molecule has 0 saturated heterocycles. The van der Waals surface area contributed by atoms with Crippen molar-refractivity contribution < 1.29 is 4.74 Å². The molecule has 0 saturated carbocycles. The molecule has 0 aliphatic carbocycles. The second-order valence-electron chi connectivity index (χ2n) is 4.16. The molecule has 102 valence electrons. The Balaban J connectivity index is 2.47. The number of rotatable bonds is 8. The highest BCUT2D eigenvalue weighted by molar-refractivity contribution is 6.32. The average molecular weight is 273 g/mol. The molecular formula is C12H21ClN4O. The molecular weight excluding hydrogens is 252 g/mol. The van der Waals surface area contributed by atoms with Crippen LogP contribution in [0, 0.1) is 0 Å². The van der Waals surface area contributed by atoms with E-state index >= 15 is 0 Å². The van der Waals surface area contributed by atoms with Gasteiger partial charge in [-0.1, -0.05) is 18.5 Å². The molecule has 2 N–H and O–H groups in total. The summed E-state index contributed by atoms with van der Waals surface area (Å²) in [5.41, 5.74) is 0. The molecule has 0 bridgehead atoms. The van der Waals surface area contributed by atoms with Gasteiger partial charge in [0.25, 0.3) is 0 Å². The van der Waals surface area contributed by atoms with Gasteiger partial charge < -0.3 is 15.4 Å². The van der Waals surface area contributed by atoms with E-state index in [-0.39, 0.29) is 6.10 Å². The number of ether oxygens (including phenoxy) is 1. The van der Waals surface area contributed by atoms with Gasteiger partial charge in [0.2, 0.25) is 5.95 Å². The molecule has 0 spiro atoms. The van der Waals surface area contributed by atoms with Crippen molar-refractivity contribution in [3.8, 4) is 0 Å². The van der Waals surface area contributed by atoms with Gasteiger partial charge in [0.15, 0.2) is 5.82 Å². The normalized spacial score (nSPS) is 10.7. The van der Waals surface area contributed by atoms with E-state index < -0.39 is 0 Å². The third kappa shape index (κ3) is 5.51. The Morgan fingerprint density at radius 2 is 2.11 bits per heavy atom. The lowest BCUT2D eigenvalue weighted by Crippen LogP contribution is -2.15. The van der Waals surface area contributed by atoms with E-state index in [2.05, 4.69) is 27.5 Å². The topological polar surface area (TPSA) is 59.1 Å². The van der Waals surface area contributed by atoms with E-state index in [0.29, 0.717) is 29.9 Å². The predicted octanol–water partition coefficient (Wildman–Crippen LogP) is 2.79. The zero-order valence-electron chi connectivity index (χ0n) is 11.2. The highest BCUT2D eigenvalue weighted by Gasteiger charge is 2.04. The van der Waals surface area contributed by atoms with Gasteiger partial charge in [-0.15, -0.1) is 0 Å². The third-order valence-electron chi connectivity index (χ3n) is 2.12. The molecule has 0 aromatic carbocycles. The van der Waals surface area contributed by atoms with Crippen LogP contribution in [-0.4, -0.2) is 35.8 Å².